The van der Waals surface area contributed by atoms with E-state index in [0.29, 0.717) is 34.3 Å². The monoisotopic (exact) mass is 417 g/mol. The van der Waals surface area contributed by atoms with Crippen LogP contribution in [0.2, 0.25) is 0 Å². The number of thiazole rings is 1. The summed E-state index contributed by atoms with van der Waals surface area (Å²) in [6.45, 7) is 2.36. The van der Waals surface area contributed by atoms with Gasteiger partial charge in [-0.05, 0) is 49.4 Å². The first-order chi connectivity index (χ1) is 14.6. The third-order valence-corrected chi connectivity index (χ3v) is 5.27. The average Bonchev–Trinajstić information content (AvgIpc) is 3.16. The van der Waals surface area contributed by atoms with E-state index in [1.165, 1.54) is 11.3 Å². The lowest BCUT2D eigenvalue weighted by Gasteiger charge is -2.10. The summed E-state index contributed by atoms with van der Waals surface area (Å²) in [5, 5.41) is 6.22. The van der Waals surface area contributed by atoms with Crippen LogP contribution in [0.4, 0.5) is 10.8 Å². The van der Waals surface area contributed by atoms with Gasteiger partial charge in [-0.25, -0.2) is 4.98 Å². The summed E-state index contributed by atoms with van der Waals surface area (Å²) in [4.78, 5) is 29.5. The number of carbonyl (C=O) groups excluding carboxylic acids is 2. The Morgan fingerprint density at radius 2 is 1.70 bits per heavy atom. The van der Waals surface area contributed by atoms with E-state index in [2.05, 4.69) is 15.6 Å². The first-order valence-corrected chi connectivity index (χ1v) is 10.3. The number of benzene rings is 3. The molecule has 0 unspecified atom stereocenters. The molecule has 0 aliphatic heterocycles. The number of ether oxygens (including phenoxy) is 1. The Morgan fingerprint density at radius 3 is 2.50 bits per heavy atom. The van der Waals surface area contributed by atoms with E-state index < -0.39 is 0 Å². The fraction of sp³-hybridized carbons (Fsp3) is 0.0870. The van der Waals surface area contributed by atoms with Crippen LogP contribution in [0.15, 0.2) is 72.8 Å². The number of para-hydroxylation sites is 1. The molecular weight excluding hydrogens is 398 g/mol. The standard InChI is InChI=1S/C23H19N3O3S/c1-2-29-19-11-7-6-10-17(19)22(28)24-16-12-13-18-20(14-16)30-23(25-18)26-21(27)15-8-4-3-5-9-15/h3-14H,2H2,1H3,(H,24,28)(H,25,26,27). The molecule has 1 heterocycles. The van der Waals surface area contributed by atoms with Crippen molar-refractivity contribution in [1.82, 2.24) is 4.98 Å². The Hall–Kier alpha value is -3.71. The van der Waals surface area contributed by atoms with E-state index in [9.17, 15) is 9.59 Å². The number of nitrogens with one attached hydrogen (secondary N) is 2. The molecule has 2 amide bonds. The molecule has 7 heteroatoms. The quantitative estimate of drug-likeness (QED) is 0.452. The molecule has 30 heavy (non-hydrogen) atoms. The molecule has 0 saturated carbocycles. The largest absolute Gasteiger partial charge is 0.493 e. The predicted molar refractivity (Wildman–Crippen MR) is 120 cm³/mol. The minimum Gasteiger partial charge on any atom is -0.493 e. The Morgan fingerprint density at radius 1 is 0.933 bits per heavy atom. The van der Waals surface area contributed by atoms with Crippen molar-refractivity contribution in [2.24, 2.45) is 0 Å². The Labute approximate surface area is 177 Å². The third-order valence-electron chi connectivity index (χ3n) is 4.33. The first kappa shape index (κ1) is 19.6. The van der Waals surface area contributed by atoms with Gasteiger partial charge < -0.3 is 10.1 Å². The summed E-state index contributed by atoms with van der Waals surface area (Å²) in [5.74, 6) is 0.0820. The van der Waals surface area contributed by atoms with E-state index in [4.69, 9.17) is 4.74 Å². The number of aromatic nitrogens is 1. The second kappa shape index (κ2) is 8.75. The van der Waals surface area contributed by atoms with Crippen molar-refractivity contribution >= 4 is 44.2 Å². The van der Waals surface area contributed by atoms with Crippen molar-refractivity contribution in [2.45, 2.75) is 6.92 Å². The van der Waals surface area contributed by atoms with Crippen molar-refractivity contribution in [2.75, 3.05) is 17.2 Å². The highest BCUT2D eigenvalue weighted by Crippen LogP contribution is 2.29. The minimum absolute atomic E-state index is 0.212. The predicted octanol–water partition coefficient (Wildman–Crippen LogP) is 5.20. The highest BCUT2D eigenvalue weighted by molar-refractivity contribution is 7.22. The van der Waals surface area contributed by atoms with Gasteiger partial charge in [-0.3, -0.25) is 14.9 Å². The molecule has 0 bridgehead atoms. The fourth-order valence-electron chi connectivity index (χ4n) is 2.95. The maximum absolute atomic E-state index is 12.7. The van der Waals surface area contributed by atoms with Crippen LogP contribution in [-0.2, 0) is 0 Å². The van der Waals surface area contributed by atoms with Crippen LogP contribution < -0.4 is 15.4 Å². The van der Waals surface area contributed by atoms with Crippen LogP contribution in [0.25, 0.3) is 10.2 Å². The second-order valence-corrected chi connectivity index (χ2v) is 7.44. The summed E-state index contributed by atoms with van der Waals surface area (Å²) >= 11 is 1.35. The van der Waals surface area contributed by atoms with Gasteiger partial charge in [0.05, 0.1) is 22.4 Å². The molecule has 6 nitrogen and oxygen atoms in total. The normalized spacial score (nSPS) is 10.6. The summed E-state index contributed by atoms with van der Waals surface area (Å²) < 4.78 is 6.39. The maximum Gasteiger partial charge on any atom is 0.259 e. The maximum atomic E-state index is 12.7. The molecule has 0 aliphatic carbocycles. The fourth-order valence-corrected chi connectivity index (χ4v) is 3.85. The molecule has 4 rings (SSSR count). The van der Waals surface area contributed by atoms with E-state index in [0.717, 1.165) is 10.2 Å². The molecule has 0 radical (unpaired) electrons. The number of hydrogen-bond donors (Lipinski definition) is 2. The number of carbonyl (C=O) groups is 2. The van der Waals surface area contributed by atoms with Gasteiger partial charge in [0.15, 0.2) is 5.13 Å². The second-order valence-electron chi connectivity index (χ2n) is 6.40. The number of rotatable bonds is 6. The lowest BCUT2D eigenvalue weighted by Crippen LogP contribution is -2.13. The Kier molecular flexibility index (Phi) is 5.72. The number of hydrogen-bond acceptors (Lipinski definition) is 5. The van der Waals surface area contributed by atoms with Crippen LogP contribution in [0.3, 0.4) is 0 Å². The highest BCUT2D eigenvalue weighted by Gasteiger charge is 2.14. The number of anilines is 2. The summed E-state index contributed by atoms with van der Waals surface area (Å²) in [6, 6.07) is 21.5. The van der Waals surface area contributed by atoms with Crippen molar-refractivity contribution in [3.05, 3.63) is 83.9 Å². The number of nitrogens with zero attached hydrogens (tertiary/aromatic N) is 1. The van der Waals surface area contributed by atoms with Gasteiger partial charge in [0.2, 0.25) is 0 Å². The topological polar surface area (TPSA) is 80.3 Å². The average molecular weight is 417 g/mol. The van der Waals surface area contributed by atoms with E-state index in [-0.39, 0.29) is 11.8 Å². The van der Waals surface area contributed by atoms with Gasteiger partial charge in [-0.1, -0.05) is 41.7 Å². The summed E-state index contributed by atoms with van der Waals surface area (Å²) in [7, 11) is 0. The molecule has 0 fully saturated rings. The van der Waals surface area contributed by atoms with Gasteiger partial charge in [0, 0.05) is 11.3 Å². The number of fused-ring (bicyclic) bond motifs is 1. The molecular formula is C23H19N3O3S. The molecule has 0 spiro atoms. The SMILES string of the molecule is CCOc1ccccc1C(=O)Nc1ccc2nc(NC(=O)c3ccccc3)sc2c1. The molecule has 2 N–H and O–H groups in total. The van der Waals surface area contributed by atoms with Crippen LogP contribution in [0, 0.1) is 0 Å². The summed E-state index contributed by atoms with van der Waals surface area (Å²) in [6.07, 6.45) is 0. The van der Waals surface area contributed by atoms with Crippen LogP contribution in [0.1, 0.15) is 27.6 Å². The molecule has 150 valence electrons. The van der Waals surface area contributed by atoms with Crippen LogP contribution in [-0.4, -0.2) is 23.4 Å². The zero-order valence-electron chi connectivity index (χ0n) is 16.2. The smallest absolute Gasteiger partial charge is 0.259 e. The van der Waals surface area contributed by atoms with Crippen molar-refractivity contribution < 1.29 is 14.3 Å². The first-order valence-electron chi connectivity index (χ1n) is 9.44. The molecule has 0 atom stereocenters. The van der Waals surface area contributed by atoms with Gasteiger partial charge in [0.25, 0.3) is 11.8 Å². The third kappa shape index (κ3) is 4.31. The zero-order valence-corrected chi connectivity index (χ0v) is 17.0. The van der Waals surface area contributed by atoms with Crippen LogP contribution in [0.5, 0.6) is 5.75 Å². The molecule has 4 aromatic rings. The van der Waals surface area contributed by atoms with E-state index in [1.807, 2.05) is 43.3 Å². The Balaban J connectivity index is 1.51. The van der Waals surface area contributed by atoms with Gasteiger partial charge in [-0.15, -0.1) is 0 Å². The Bertz CT molecular complexity index is 1200. The highest BCUT2D eigenvalue weighted by atomic mass is 32.1. The lowest BCUT2D eigenvalue weighted by atomic mass is 10.2. The minimum atomic E-state index is -0.250. The van der Waals surface area contributed by atoms with E-state index in [1.54, 1.807) is 36.4 Å². The van der Waals surface area contributed by atoms with Crippen molar-refractivity contribution in [3.63, 3.8) is 0 Å². The van der Waals surface area contributed by atoms with Gasteiger partial charge >= 0.3 is 0 Å². The molecule has 3 aromatic carbocycles. The van der Waals surface area contributed by atoms with E-state index >= 15 is 0 Å². The summed E-state index contributed by atoms with van der Waals surface area (Å²) in [5.41, 5.74) is 2.43. The molecule has 1 aromatic heterocycles. The van der Waals surface area contributed by atoms with Crippen molar-refractivity contribution in [3.8, 4) is 5.75 Å². The molecule has 0 aliphatic rings. The van der Waals surface area contributed by atoms with Gasteiger partial charge in [-0.2, -0.15) is 0 Å². The molecule has 0 saturated heterocycles. The van der Waals surface area contributed by atoms with Gasteiger partial charge in [0.1, 0.15) is 5.75 Å². The zero-order chi connectivity index (χ0) is 20.9. The number of amides is 2. The van der Waals surface area contributed by atoms with Crippen LogP contribution >= 0.6 is 11.3 Å². The lowest BCUT2D eigenvalue weighted by molar-refractivity contribution is 0.101. The van der Waals surface area contributed by atoms with Crippen molar-refractivity contribution in [1.29, 1.82) is 0 Å².